The van der Waals surface area contributed by atoms with E-state index in [0.717, 1.165) is 0 Å². The molecule has 0 aromatic carbocycles. The van der Waals surface area contributed by atoms with Gasteiger partial charge >= 0.3 is 6.09 Å². The Morgan fingerprint density at radius 1 is 1.90 bits per heavy atom. The lowest BCUT2D eigenvalue weighted by atomic mass is 10.6. The van der Waals surface area contributed by atoms with Crippen LogP contribution in [0.2, 0.25) is 0 Å². The predicted molar refractivity (Wildman–Crippen MR) is 43.0 cm³/mol. The van der Waals surface area contributed by atoms with E-state index in [-0.39, 0.29) is 4.99 Å². The Morgan fingerprint density at radius 2 is 2.50 bits per heavy atom. The molecule has 0 aliphatic rings. The zero-order valence-corrected chi connectivity index (χ0v) is 6.53. The second kappa shape index (κ2) is 4.93. The van der Waals surface area contributed by atoms with Gasteiger partial charge in [-0.25, -0.2) is 4.79 Å². The fourth-order valence-electron chi connectivity index (χ4n) is 0.319. The average Bonchev–Trinajstić information content (AvgIpc) is 1.88. The first-order valence-electron chi connectivity index (χ1n) is 2.81. The maximum absolute atomic E-state index is 10.5. The molecule has 0 aliphatic heterocycles. The highest BCUT2D eigenvalue weighted by atomic mass is 32.1. The van der Waals surface area contributed by atoms with Crippen molar-refractivity contribution in [2.24, 2.45) is 0 Å². The zero-order chi connectivity index (χ0) is 7.98. The Kier molecular flexibility index (Phi) is 4.49. The Balaban J connectivity index is 3.57. The van der Waals surface area contributed by atoms with Crippen LogP contribution >= 0.6 is 12.2 Å². The van der Waals surface area contributed by atoms with E-state index < -0.39 is 6.09 Å². The fourth-order valence-corrected chi connectivity index (χ4v) is 0.402. The van der Waals surface area contributed by atoms with Gasteiger partial charge in [0, 0.05) is 0 Å². The highest BCUT2D eigenvalue weighted by molar-refractivity contribution is 7.80. The van der Waals surface area contributed by atoms with Crippen LogP contribution < -0.4 is 5.32 Å². The minimum absolute atomic E-state index is 0.276. The van der Waals surface area contributed by atoms with E-state index >= 15 is 0 Å². The number of thiocarbonyl (C=S) groups is 1. The summed E-state index contributed by atoms with van der Waals surface area (Å²) in [7, 11) is 0. The molecule has 0 bridgehead atoms. The molecule has 0 unspecified atom stereocenters. The van der Waals surface area contributed by atoms with Gasteiger partial charge in [-0.15, -0.1) is 0 Å². The van der Waals surface area contributed by atoms with Crippen LogP contribution in [-0.4, -0.2) is 17.7 Å². The molecule has 4 heteroatoms. The summed E-state index contributed by atoms with van der Waals surface area (Å²) in [6, 6.07) is 0. The first-order chi connectivity index (χ1) is 4.70. The summed E-state index contributed by atoms with van der Waals surface area (Å²) in [4.78, 5) is 10.8. The third-order valence-electron chi connectivity index (χ3n) is 0.686. The minimum atomic E-state index is -0.535. The molecule has 10 heavy (non-hydrogen) atoms. The maximum atomic E-state index is 10.5. The number of amides is 1. The lowest BCUT2D eigenvalue weighted by Crippen LogP contribution is -2.27. The second-order valence-electron chi connectivity index (χ2n) is 1.41. The topological polar surface area (TPSA) is 38.3 Å². The van der Waals surface area contributed by atoms with Gasteiger partial charge in [0.25, 0.3) is 0 Å². The third-order valence-corrected chi connectivity index (χ3v) is 0.955. The molecule has 1 amide bonds. The SMILES string of the molecule is C=CC(=S)NC(=O)OCC. The molecule has 1 N–H and O–H groups in total. The van der Waals surface area contributed by atoms with Crippen molar-refractivity contribution in [2.75, 3.05) is 6.61 Å². The first-order valence-corrected chi connectivity index (χ1v) is 3.21. The van der Waals surface area contributed by atoms with E-state index in [2.05, 4.69) is 28.9 Å². The van der Waals surface area contributed by atoms with Gasteiger partial charge in [-0.1, -0.05) is 18.8 Å². The van der Waals surface area contributed by atoms with Crippen molar-refractivity contribution in [1.29, 1.82) is 0 Å². The minimum Gasteiger partial charge on any atom is -0.450 e. The summed E-state index contributed by atoms with van der Waals surface area (Å²) in [6.45, 7) is 5.42. The summed E-state index contributed by atoms with van der Waals surface area (Å²) in [5.41, 5.74) is 0. The number of hydrogen-bond acceptors (Lipinski definition) is 3. The van der Waals surface area contributed by atoms with E-state index in [1.165, 1.54) is 6.08 Å². The van der Waals surface area contributed by atoms with Crippen LogP contribution in [-0.2, 0) is 4.74 Å². The molecular formula is C6H9NO2S. The Hall–Kier alpha value is -0.900. The molecule has 56 valence electrons. The van der Waals surface area contributed by atoms with E-state index in [1.54, 1.807) is 6.92 Å². The normalized spacial score (nSPS) is 8.10. The Labute approximate surface area is 65.1 Å². The van der Waals surface area contributed by atoms with Crippen LogP contribution in [0.3, 0.4) is 0 Å². The zero-order valence-electron chi connectivity index (χ0n) is 5.72. The van der Waals surface area contributed by atoms with Crippen molar-refractivity contribution in [1.82, 2.24) is 5.32 Å². The summed E-state index contributed by atoms with van der Waals surface area (Å²) in [6.07, 6.45) is 0.832. The van der Waals surface area contributed by atoms with E-state index in [9.17, 15) is 4.79 Å². The monoisotopic (exact) mass is 159 g/mol. The maximum Gasteiger partial charge on any atom is 0.412 e. The molecule has 0 aromatic rings. The Bertz CT molecular complexity index is 156. The molecule has 0 radical (unpaired) electrons. The summed E-state index contributed by atoms with van der Waals surface area (Å²) in [5, 5.41) is 2.28. The van der Waals surface area contributed by atoms with Gasteiger partial charge in [-0.3, -0.25) is 5.32 Å². The van der Waals surface area contributed by atoms with Crippen molar-refractivity contribution in [3.63, 3.8) is 0 Å². The van der Waals surface area contributed by atoms with Gasteiger partial charge < -0.3 is 4.74 Å². The fraction of sp³-hybridized carbons (Fsp3) is 0.333. The number of rotatable bonds is 2. The van der Waals surface area contributed by atoms with Crippen molar-refractivity contribution in [3.05, 3.63) is 12.7 Å². The van der Waals surface area contributed by atoms with Crippen molar-refractivity contribution >= 4 is 23.3 Å². The van der Waals surface area contributed by atoms with Crippen LogP contribution in [0.1, 0.15) is 6.92 Å². The summed E-state index contributed by atoms with van der Waals surface area (Å²) < 4.78 is 4.53. The smallest absolute Gasteiger partial charge is 0.412 e. The standard InChI is InChI=1S/C6H9NO2S/c1-3-5(10)7-6(8)9-4-2/h3H,1,4H2,2H3,(H,7,8,10). The third kappa shape index (κ3) is 4.03. The van der Waals surface area contributed by atoms with Gasteiger partial charge in [0.05, 0.1) is 6.61 Å². The van der Waals surface area contributed by atoms with E-state index in [4.69, 9.17) is 0 Å². The van der Waals surface area contributed by atoms with Gasteiger partial charge in [0.1, 0.15) is 4.99 Å². The van der Waals surface area contributed by atoms with Gasteiger partial charge in [0.15, 0.2) is 0 Å². The van der Waals surface area contributed by atoms with E-state index in [1.807, 2.05) is 0 Å². The van der Waals surface area contributed by atoms with Crippen LogP contribution in [0.25, 0.3) is 0 Å². The van der Waals surface area contributed by atoms with Crippen molar-refractivity contribution in [2.45, 2.75) is 6.92 Å². The van der Waals surface area contributed by atoms with Crippen LogP contribution in [0.15, 0.2) is 12.7 Å². The summed E-state index contributed by atoms with van der Waals surface area (Å²) in [5.74, 6) is 0. The van der Waals surface area contributed by atoms with Crippen molar-refractivity contribution in [3.8, 4) is 0 Å². The van der Waals surface area contributed by atoms with E-state index in [0.29, 0.717) is 6.61 Å². The average molecular weight is 159 g/mol. The predicted octanol–water partition coefficient (Wildman–Crippen LogP) is 1.25. The quantitative estimate of drug-likeness (QED) is 0.486. The van der Waals surface area contributed by atoms with Gasteiger partial charge in [-0.2, -0.15) is 0 Å². The second-order valence-corrected chi connectivity index (χ2v) is 1.85. The van der Waals surface area contributed by atoms with Crippen LogP contribution in [0.5, 0.6) is 0 Å². The van der Waals surface area contributed by atoms with Crippen LogP contribution in [0, 0.1) is 0 Å². The number of nitrogens with one attached hydrogen (secondary N) is 1. The number of ether oxygens (including phenoxy) is 1. The molecule has 0 saturated carbocycles. The van der Waals surface area contributed by atoms with Crippen molar-refractivity contribution < 1.29 is 9.53 Å². The number of alkyl carbamates (subject to hydrolysis) is 1. The lowest BCUT2D eigenvalue weighted by molar-refractivity contribution is 0.158. The molecular weight excluding hydrogens is 150 g/mol. The number of hydrogen-bond donors (Lipinski definition) is 1. The molecule has 0 rings (SSSR count). The highest BCUT2D eigenvalue weighted by Crippen LogP contribution is 1.78. The molecule has 0 aliphatic carbocycles. The molecule has 0 spiro atoms. The molecule has 0 heterocycles. The van der Waals surface area contributed by atoms with Crippen LogP contribution in [0.4, 0.5) is 4.79 Å². The van der Waals surface area contributed by atoms with Gasteiger partial charge in [-0.05, 0) is 13.0 Å². The molecule has 0 fully saturated rings. The Morgan fingerprint density at radius 3 is 2.90 bits per heavy atom. The molecule has 0 atom stereocenters. The first kappa shape index (κ1) is 9.10. The molecule has 0 aromatic heterocycles. The lowest BCUT2D eigenvalue weighted by Gasteiger charge is -2.01. The highest BCUT2D eigenvalue weighted by Gasteiger charge is 1.98. The summed E-state index contributed by atoms with van der Waals surface area (Å²) >= 11 is 4.62. The van der Waals surface area contributed by atoms with Gasteiger partial charge in [0.2, 0.25) is 0 Å². The number of carbonyl (C=O) groups is 1. The largest absolute Gasteiger partial charge is 0.450 e. The number of carbonyl (C=O) groups excluding carboxylic acids is 1. The molecule has 0 saturated heterocycles. The molecule has 3 nitrogen and oxygen atoms in total.